The minimum absolute atomic E-state index is 0.0787. The van der Waals surface area contributed by atoms with Crippen LogP contribution in [0.1, 0.15) is 12.8 Å². The van der Waals surface area contributed by atoms with E-state index in [0.29, 0.717) is 19.8 Å². The van der Waals surface area contributed by atoms with Gasteiger partial charge >= 0.3 is 0 Å². The van der Waals surface area contributed by atoms with Crippen LogP contribution in [0, 0.1) is 5.41 Å². The van der Waals surface area contributed by atoms with E-state index in [1.807, 2.05) is 0 Å². The average molecular weight is 171 g/mol. The summed E-state index contributed by atoms with van der Waals surface area (Å²) in [6.45, 7) is 1.77. The molecule has 1 heterocycles. The Hall–Kier alpha value is -0.770. The summed E-state index contributed by atoms with van der Waals surface area (Å²) >= 11 is 0. The Morgan fingerprint density at radius 1 is 1.50 bits per heavy atom. The Kier molecular flexibility index (Phi) is 3.34. The van der Waals surface area contributed by atoms with Gasteiger partial charge < -0.3 is 9.84 Å². The summed E-state index contributed by atoms with van der Waals surface area (Å²) in [5, 5.41) is 12.6. The topological polar surface area (TPSA) is 78.2 Å². The monoisotopic (exact) mass is 171 g/mol. The molecule has 1 aliphatic rings. The Morgan fingerprint density at radius 2 is 2.17 bits per heavy atom. The van der Waals surface area contributed by atoms with Gasteiger partial charge in [0.25, 0.3) is 0 Å². The summed E-state index contributed by atoms with van der Waals surface area (Å²) in [7, 11) is 0. The second-order valence-electron chi connectivity index (χ2n) is 3.16. The van der Waals surface area contributed by atoms with E-state index in [1.165, 1.54) is 0 Å². The maximum atomic E-state index is 9.13. The number of azide groups is 1. The largest absolute Gasteiger partial charge is 0.396 e. The van der Waals surface area contributed by atoms with Crippen molar-refractivity contribution in [3.05, 3.63) is 10.4 Å². The number of rotatable bonds is 3. The van der Waals surface area contributed by atoms with Crippen LogP contribution in [-0.4, -0.2) is 31.5 Å². The third-order valence-corrected chi connectivity index (χ3v) is 2.36. The Balaban J connectivity index is 2.53. The molecule has 68 valence electrons. The van der Waals surface area contributed by atoms with Crippen LogP contribution >= 0.6 is 0 Å². The standard InChI is InChI=1S/C7H13N3O2/c8-10-9-5-7(6-11)1-3-12-4-2-7/h11H,1-6H2. The number of ether oxygens (including phenoxy) is 1. The quantitative estimate of drug-likeness (QED) is 0.392. The highest BCUT2D eigenvalue weighted by Gasteiger charge is 2.30. The summed E-state index contributed by atoms with van der Waals surface area (Å²) in [4.78, 5) is 2.70. The first-order valence-electron chi connectivity index (χ1n) is 4.02. The van der Waals surface area contributed by atoms with Crippen molar-refractivity contribution in [2.45, 2.75) is 12.8 Å². The second-order valence-corrected chi connectivity index (χ2v) is 3.16. The molecular weight excluding hydrogens is 158 g/mol. The molecule has 0 saturated carbocycles. The Labute approximate surface area is 71.0 Å². The van der Waals surface area contributed by atoms with Gasteiger partial charge in [0, 0.05) is 36.7 Å². The molecule has 5 heteroatoms. The minimum atomic E-state index is -0.218. The normalized spacial score (nSPS) is 21.4. The van der Waals surface area contributed by atoms with Gasteiger partial charge in [-0.3, -0.25) is 0 Å². The minimum Gasteiger partial charge on any atom is -0.396 e. The summed E-state index contributed by atoms with van der Waals surface area (Å²) in [6, 6.07) is 0. The van der Waals surface area contributed by atoms with Gasteiger partial charge in [0.1, 0.15) is 0 Å². The number of hydrogen-bond donors (Lipinski definition) is 1. The van der Waals surface area contributed by atoms with Gasteiger partial charge in [-0.05, 0) is 18.4 Å². The third kappa shape index (κ3) is 2.11. The van der Waals surface area contributed by atoms with Gasteiger partial charge in [-0.15, -0.1) is 0 Å². The lowest BCUT2D eigenvalue weighted by Crippen LogP contribution is -2.35. The molecule has 0 aromatic carbocycles. The van der Waals surface area contributed by atoms with Crippen molar-refractivity contribution in [1.82, 2.24) is 0 Å². The summed E-state index contributed by atoms with van der Waals surface area (Å²) in [6.07, 6.45) is 1.56. The molecule has 0 spiro atoms. The predicted molar refractivity (Wildman–Crippen MR) is 43.6 cm³/mol. The van der Waals surface area contributed by atoms with E-state index in [2.05, 4.69) is 10.0 Å². The van der Waals surface area contributed by atoms with Crippen LogP contribution in [0.15, 0.2) is 5.11 Å². The van der Waals surface area contributed by atoms with Crippen molar-refractivity contribution in [1.29, 1.82) is 0 Å². The first kappa shape index (κ1) is 9.32. The van der Waals surface area contributed by atoms with Gasteiger partial charge in [0.15, 0.2) is 0 Å². The van der Waals surface area contributed by atoms with Crippen molar-refractivity contribution in [3.8, 4) is 0 Å². The highest BCUT2D eigenvalue weighted by atomic mass is 16.5. The number of hydrogen-bond acceptors (Lipinski definition) is 3. The van der Waals surface area contributed by atoms with Crippen LogP contribution in [0.4, 0.5) is 0 Å². The van der Waals surface area contributed by atoms with Gasteiger partial charge in [0.2, 0.25) is 0 Å². The van der Waals surface area contributed by atoms with Crippen molar-refractivity contribution in [3.63, 3.8) is 0 Å². The fourth-order valence-electron chi connectivity index (χ4n) is 1.35. The summed E-state index contributed by atoms with van der Waals surface area (Å²) in [5.74, 6) is 0. The van der Waals surface area contributed by atoms with Crippen LogP contribution in [-0.2, 0) is 4.74 Å². The molecule has 1 aliphatic heterocycles. The van der Waals surface area contributed by atoms with E-state index < -0.39 is 0 Å². The molecule has 0 radical (unpaired) electrons. The highest BCUT2D eigenvalue weighted by molar-refractivity contribution is 4.83. The Morgan fingerprint density at radius 3 is 2.67 bits per heavy atom. The van der Waals surface area contributed by atoms with Gasteiger partial charge in [-0.1, -0.05) is 5.11 Å². The van der Waals surface area contributed by atoms with Gasteiger partial charge in [-0.25, -0.2) is 0 Å². The third-order valence-electron chi connectivity index (χ3n) is 2.36. The van der Waals surface area contributed by atoms with E-state index in [9.17, 15) is 0 Å². The van der Waals surface area contributed by atoms with Crippen LogP contribution in [0.5, 0.6) is 0 Å². The van der Waals surface area contributed by atoms with Gasteiger partial charge in [0.05, 0.1) is 0 Å². The van der Waals surface area contributed by atoms with E-state index >= 15 is 0 Å². The molecule has 0 aliphatic carbocycles. The van der Waals surface area contributed by atoms with Crippen molar-refractivity contribution in [2.75, 3.05) is 26.4 Å². The maximum Gasteiger partial charge on any atom is 0.0490 e. The molecule has 1 rings (SSSR count). The molecule has 1 fully saturated rings. The lowest BCUT2D eigenvalue weighted by Gasteiger charge is -2.33. The average Bonchev–Trinajstić information content (AvgIpc) is 2.16. The summed E-state index contributed by atoms with van der Waals surface area (Å²) < 4.78 is 5.16. The number of aliphatic hydroxyl groups excluding tert-OH is 1. The molecule has 0 atom stereocenters. The van der Waals surface area contributed by atoms with E-state index in [-0.39, 0.29) is 12.0 Å². The first-order chi connectivity index (χ1) is 5.83. The molecule has 0 bridgehead atoms. The predicted octanol–water partition coefficient (Wildman–Crippen LogP) is 1.09. The molecule has 1 N–H and O–H groups in total. The molecular formula is C7H13N3O2. The lowest BCUT2D eigenvalue weighted by molar-refractivity contribution is -0.0107. The summed E-state index contributed by atoms with van der Waals surface area (Å²) in [5.41, 5.74) is 7.93. The highest BCUT2D eigenvalue weighted by Crippen LogP contribution is 2.30. The van der Waals surface area contributed by atoms with Crippen LogP contribution < -0.4 is 0 Å². The van der Waals surface area contributed by atoms with Crippen LogP contribution in [0.25, 0.3) is 10.4 Å². The van der Waals surface area contributed by atoms with Crippen molar-refractivity contribution >= 4 is 0 Å². The fourth-order valence-corrected chi connectivity index (χ4v) is 1.35. The van der Waals surface area contributed by atoms with E-state index in [1.54, 1.807) is 0 Å². The molecule has 0 amide bonds. The molecule has 1 saturated heterocycles. The van der Waals surface area contributed by atoms with Crippen LogP contribution in [0.2, 0.25) is 0 Å². The zero-order valence-electron chi connectivity index (χ0n) is 6.94. The zero-order chi connectivity index (χ0) is 8.86. The second kappa shape index (κ2) is 4.30. The van der Waals surface area contributed by atoms with E-state index in [0.717, 1.165) is 12.8 Å². The van der Waals surface area contributed by atoms with E-state index in [4.69, 9.17) is 15.4 Å². The molecule has 0 aromatic heterocycles. The first-order valence-corrected chi connectivity index (χ1v) is 4.02. The fraction of sp³-hybridized carbons (Fsp3) is 1.00. The van der Waals surface area contributed by atoms with Gasteiger partial charge in [-0.2, -0.15) is 0 Å². The molecule has 5 nitrogen and oxygen atoms in total. The maximum absolute atomic E-state index is 9.13. The smallest absolute Gasteiger partial charge is 0.0490 e. The van der Waals surface area contributed by atoms with Crippen molar-refractivity contribution < 1.29 is 9.84 Å². The molecule has 0 aromatic rings. The lowest BCUT2D eigenvalue weighted by atomic mass is 9.81. The van der Waals surface area contributed by atoms with Crippen molar-refractivity contribution in [2.24, 2.45) is 10.5 Å². The zero-order valence-corrected chi connectivity index (χ0v) is 6.94. The number of aliphatic hydroxyl groups is 1. The Bertz CT molecular complexity index is 183. The molecule has 12 heavy (non-hydrogen) atoms. The number of nitrogens with zero attached hydrogens (tertiary/aromatic N) is 3. The molecule has 0 unspecified atom stereocenters. The van der Waals surface area contributed by atoms with Crippen LogP contribution in [0.3, 0.4) is 0 Å². The SMILES string of the molecule is [N-]=[N+]=NCC1(CO)CCOCC1.